The van der Waals surface area contributed by atoms with Crippen LogP contribution >= 0.6 is 0 Å². The Kier molecular flexibility index (Phi) is 3.22. The molecule has 1 unspecified atom stereocenters. The Morgan fingerprint density at radius 3 is 2.47 bits per heavy atom. The summed E-state index contributed by atoms with van der Waals surface area (Å²) in [5.74, 6) is 0. The number of hydrogen-bond donors (Lipinski definition) is 2. The predicted octanol–water partition coefficient (Wildman–Crippen LogP) is 1.83. The van der Waals surface area contributed by atoms with Crippen LogP contribution in [0.2, 0.25) is 0 Å². The van der Waals surface area contributed by atoms with E-state index in [0.29, 0.717) is 16.8 Å². The molecule has 3 nitrogen and oxygen atoms in total. The number of benzene rings is 1. The van der Waals surface area contributed by atoms with Crippen molar-refractivity contribution in [1.29, 1.82) is 0 Å². The normalized spacial score (nSPS) is 14.3. The zero-order valence-corrected chi connectivity index (χ0v) is 9.67. The van der Waals surface area contributed by atoms with Crippen LogP contribution in [0.25, 0.3) is 0 Å². The van der Waals surface area contributed by atoms with Gasteiger partial charge in [-0.3, -0.25) is 4.98 Å². The molecule has 0 aliphatic rings. The molecule has 1 atom stereocenters. The molecule has 0 aliphatic heterocycles. The average Bonchev–Trinajstić information content (AvgIpc) is 2.39. The van der Waals surface area contributed by atoms with E-state index in [1.807, 2.05) is 18.2 Å². The highest BCUT2D eigenvalue weighted by Crippen LogP contribution is 2.29. The molecule has 0 amide bonds. The molecule has 0 saturated carbocycles. The molecule has 1 aromatic heterocycles. The number of aliphatic hydroxyl groups excluding tert-OH is 1. The Hall–Kier alpha value is -1.71. The third kappa shape index (κ3) is 2.20. The molecule has 2 N–H and O–H groups in total. The van der Waals surface area contributed by atoms with E-state index in [1.165, 1.54) is 0 Å². The van der Waals surface area contributed by atoms with Gasteiger partial charge in [0, 0.05) is 6.20 Å². The third-order valence-electron chi connectivity index (χ3n) is 2.88. The van der Waals surface area contributed by atoms with E-state index in [4.69, 9.17) is 0 Å². The zero-order chi connectivity index (χ0) is 12.3. The average molecular weight is 229 g/mol. The minimum absolute atomic E-state index is 0.0981. The lowest BCUT2D eigenvalue weighted by molar-refractivity contribution is 0.0945. The minimum atomic E-state index is -1.19. The summed E-state index contributed by atoms with van der Waals surface area (Å²) >= 11 is 0. The number of nitrogens with zero attached hydrogens (tertiary/aromatic N) is 1. The maximum atomic E-state index is 10.6. The molecule has 0 radical (unpaired) electrons. The summed E-state index contributed by atoms with van der Waals surface area (Å²) < 4.78 is 0. The van der Waals surface area contributed by atoms with Crippen LogP contribution in [-0.4, -0.2) is 15.2 Å². The first-order valence-corrected chi connectivity index (χ1v) is 5.49. The number of rotatable bonds is 3. The van der Waals surface area contributed by atoms with E-state index in [1.54, 1.807) is 37.4 Å². The second-order valence-electron chi connectivity index (χ2n) is 4.10. The summed E-state index contributed by atoms with van der Waals surface area (Å²) in [5.41, 5.74) is 0.769. The van der Waals surface area contributed by atoms with Gasteiger partial charge >= 0.3 is 0 Å². The Bertz CT molecular complexity index is 495. The maximum Gasteiger partial charge on any atom is 0.129 e. The van der Waals surface area contributed by atoms with Gasteiger partial charge in [0.15, 0.2) is 0 Å². The Balaban J connectivity index is 2.51. The molecule has 0 saturated heterocycles. The molecule has 88 valence electrons. The lowest BCUT2D eigenvalue weighted by Crippen LogP contribution is -2.25. The molecule has 17 heavy (non-hydrogen) atoms. The summed E-state index contributed by atoms with van der Waals surface area (Å²) in [6.07, 6.45) is 1.64. The summed E-state index contributed by atoms with van der Waals surface area (Å²) in [7, 11) is 0. The van der Waals surface area contributed by atoms with Gasteiger partial charge in [-0.2, -0.15) is 0 Å². The van der Waals surface area contributed by atoms with E-state index >= 15 is 0 Å². The number of pyridine rings is 1. The molecule has 1 heterocycles. The molecule has 0 fully saturated rings. The second-order valence-corrected chi connectivity index (χ2v) is 4.10. The summed E-state index contributed by atoms with van der Waals surface area (Å²) in [6, 6.07) is 12.7. The maximum absolute atomic E-state index is 10.6. The quantitative estimate of drug-likeness (QED) is 0.844. The van der Waals surface area contributed by atoms with Crippen molar-refractivity contribution in [2.45, 2.75) is 19.1 Å². The van der Waals surface area contributed by atoms with Crippen molar-refractivity contribution in [1.82, 2.24) is 4.98 Å². The van der Waals surface area contributed by atoms with Gasteiger partial charge in [-0.15, -0.1) is 0 Å². The van der Waals surface area contributed by atoms with Gasteiger partial charge in [0.25, 0.3) is 0 Å². The first kappa shape index (κ1) is 11.8. The molecular weight excluding hydrogens is 214 g/mol. The Labute approximate surface area is 100 Å². The van der Waals surface area contributed by atoms with Crippen LogP contribution in [0.3, 0.4) is 0 Å². The highest BCUT2D eigenvalue weighted by molar-refractivity contribution is 5.37. The first-order valence-electron chi connectivity index (χ1n) is 5.49. The van der Waals surface area contributed by atoms with Crippen LogP contribution in [-0.2, 0) is 12.2 Å². The van der Waals surface area contributed by atoms with E-state index in [2.05, 4.69) is 4.98 Å². The fourth-order valence-corrected chi connectivity index (χ4v) is 1.92. The third-order valence-corrected chi connectivity index (χ3v) is 2.88. The van der Waals surface area contributed by atoms with Crippen molar-refractivity contribution in [3.8, 4) is 0 Å². The highest BCUT2D eigenvalue weighted by Gasteiger charge is 2.28. The van der Waals surface area contributed by atoms with E-state index in [9.17, 15) is 10.2 Å². The van der Waals surface area contributed by atoms with E-state index in [0.717, 1.165) is 0 Å². The number of aromatic nitrogens is 1. The monoisotopic (exact) mass is 229 g/mol. The molecule has 3 heteroatoms. The van der Waals surface area contributed by atoms with E-state index in [-0.39, 0.29) is 6.61 Å². The van der Waals surface area contributed by atoms with Gasteiger partial charge in [-0.05, 0) is 30.2 Å². The molecule has 0 spiro atoms. The number of aliphatic hydroxyl groups is 2. The van der Waals surface area contributed by atoms with Crippen molar-refractivity contribution < 1.29 is 10.2 Å². The van der Waals surface area contributed by atoms with Crippen LogP contribution in [0.4, 0.5) is 0 Å². The van der Waals surface area contributed by atoms with Crippen LogP contribution in [0.1, 0.15) is 23.7 Å². The summed E-state index contributed by atoms with van der Waals surface area (Å²) in [4.78, 5) is 4.17. The van der Waals surface area contributed by atoms with E-state index < -0.39 is 5.60 Å². The van der Waals surface area contributed by atoms with Gasteiger partial charge in [-0.25, -0.2) is 0 Å². The topological polar surface area (TPSA) is 53.4 Å². The van der Waals surface area contributed by atoms with Crippen molar-refractivity contribution in [2.24, 2.45) is 0 Å². The standard InChI is InChI=1S/C14H15NO2/c1-14(17,13-8-4-5-9-15-13)12-7-3-2-6-11(12)10-16/h2-9,16-17H,10H2,1H3. The second kappa shape index (κ2) is 4.65. The van der Waals surface area contributed by atoms with Gasteiger partial charge in [-0.1, -0.05) is 30.3 Å². The Morgan fingerprint density at radius 2 is 1.82 bits per heavy atom. The largest absolute Gasteiger partial charge is 0.392 e. The predicted molar refractivity (Wildman–Crippen MR) is 65.3 cm³/mol. The minimum Gasteiger partial charge on any atom is -0.392 e. The van der Waals surface area contributed by atoms with Gasteiger partial charge in [0.1, 0.15) is 5.60 Å². The van der Waals surface area contributed by atoms with Crippen LogP contribution < -0.4 is 0 Å². The number of hydrogen-bond acceptors (Lipinski definition) is 3. The smallest absolute Gasteiger partial charge is 0.129 e. The zero-order valence-electron chi connectivity index (χ0n) is 9.67. The summed E-state index contributed by atoms with van der Waals surface area (Å²) in [5, 5.41) is 19.9. The molecule has 0 bridgehead atoms. The van der Waals surface area contributed by atoms with Crippen LogP contribution in [0, 0.1) is 0 Å². The van der Waals surface area contributed by atoms with Gasteiger partial charge in [0.05, 0.1) is 12.3 Å². The van der Waals surface area contributed by atoms with Crippen molar-refractivity contribution in [3.05, 3.63) is 65.5 Å². The molecule has 2 rings (SSSR count). The summed E-state index contributed by atoms with van der Waals surface area (Å²) in [6.45, 7) is 1.59. The highest BCUT2D eigenvalue weighted by atomic mass is 16.3. The lowest BCUT2D eigenvalue weighted by Gasteiger charge is -2.25. The first-order chi connectivity index (χ1) is 8.16. The molecule has 2 aromatic rings. The fourth-order valence-electron chi connectivity index (χ4n) is 1.92. The van der Waals surface area contributed by atoms with Crippen molar-refractivity contribution >= 4 is 0 Å². The fraction of sp³-hybridized carbons (Fsp3) is 0.214. The van der Waals surface area contributed by atoms with Gasteiger partial charge < -0.3 is 10.2 Å². The van der Waals surface area contributed by atoms with Crippen LogP contribution in [0.15, 0.2) is 48.7 Å². The van der Waals surface area contributed by atoms with Crippen molar-refractivity contribution in [2.75, 3.05) is 0 Å². The SMILES string of the molecule is CC(O)(c1ccccn1)c1ccccc1CO. The molecule has 0 aliphatic carbocycles. The Morgan fingerprint density at radius 1 is 1.12 bits per heavy atom. The van der Waals surface area contributed by atoms with Crippen molar-refractivity contribution in [3.63, 3.8) is 0 Å². The van der Waals surface area contributed by atoms with Crippen LogP contribution in [0.5, 0.6) is 0 Å². The molecular formula is C14H15NO2. The van der Waals surface area contributed by atoms with Gasteiger partial charge in [0.2, 0.25) is 0 Å². The molecule has 1 aromatic carbocycles. The lowest BCUT2D eigenvalue weighted by atomic mass is 9.88.